The SMILES string of the molecule is CCOP(=O)(OCC)C1(N2CCOCC2)CCCC1. The molecule has 2 rings (SSSR count). The maximum Gasteiger partial charge on any atom is 0.350 e. The Hall–Kier alpha value is 0.0700. The first-order valence-corrected chi connectivity index (χ1v) is 8.95. The van der Waals surface area contributed by atoms with Gasteiger partial charge < -0.3 is 13.8 Å². The molecule has 1 saturated heterocycles. The lowest BCUT2D eigenvalue weighted by Crippen LogP contribution is -2.52. The van der Waals surface area contributed by atoms with E-state index in [1.54, 1.807) is 0 Å². The molecule has 0 bridgehead atoms. The van der Waals surface area contributed by atoms with Gasteiger partial charge in [-0.05, 0) is 26.7 Å². The van der Waals surface area contributed by atoms with Crippen LogP contribution in [0.3, 0.4) is 0 Å². The maximum absolute atomic E-state index is 13.3. The van der Waals surface area contributed by atoms with Crippen molar-refractivity contribution in [2.45, 2.75) is 44.8 Å². The van der Waals surface area contributed by atoms with Crippen molar-refractivity contribution in [1.29, 1.82) is 0 Å². The predicted octanol–water partition coefficient (Wildman–Crippen LogP) is 2.86. The first-order chi connectivity index (χ1) is 9.18. The van der Waals surface area contributed by atoms with Crippen molar-refractivity contribution in [1.82, 2.24) is 4.90 Å². The molecule has 0 spiro atoms. The predicted molar refractivity (Wildman–Crippen MR) is 74.4 cm³/mol. The lowest BCUT2D eigenvalue weighted by Gasteiger charge is -2.45. The number of hydrogen-bond donors (Lipinski definition) is 0. The van der Waals surface area contributed by atoms with E-state index in [9.17, 15) is 4.57 Å². The van der Waals surface area contributed by atoms with Crippen LogP contribution in [0, 0.1) is 0 Å². The summed E-state index contributed by atoms with van der Waals surface area (Å²) in [6.45, 7) is 7.70. The molecule has 0 amide bonds. The minimum Gasteiger partial charge on any atom is -0.379 e. The average molecular weight is 291 g/mol. The second-order valence-electron chi connectivity index (χ2n) is 5.12. The summed E-state index contributed by atoms with van der Waals surface area (Å²) in [5.41, 5.74) is 0. The lowest BCUT2D eigenvalue weighted by molar-refractivity contribution is -0.00517. The largest absolute Gasteiger partial charge is 0.379 e. The molecule has 1 heterocycles. The number of hydrogen-bond acceptors (Lipinski definition) is 5. The van der Waals surface area contributed by atoms with E-state index in [2.05, 4.69) is 4.90 Å². The van der Waals surface area contributed by atoms with Gasteiger partial charge in [0.1, 0.15) is 5.28 Å². The van der Waals surface area contributed by atoms with Gasteiger partial charge in [0.25, 0.3) is 0 Å². The highest BCUT2D eigenvalue weighted by Gasteiger charge is 2.56. The highest BCUT2D eigenvalue weighted by molar-refractivity contribution is 7.55. The van der Waals surface area contributed by atoms with Crippen molar-refractivity contribution < 1.29 is 18.3 Å². The van der Waals surface area contributed by atoms with Crippen molar-refractivity contribution in [3.05, 3.63) is 0 Å². The van der Waals surface area contributed by atoms with Gasteiger partial charge in [-0.3, -0.25) is 9.46 Å². The van der Waals surface area contributed by atoms with E-state index in [1.807, 2.05) is 13.8 Å². The van der Waals surface area contributed by atoms with Crippen molar-refractivity contribution in [2.24, 2.45) is 0 Å². The standard InChI is InChI=1S/C13H26NO4P/c1-3-17-19(15,18-4-2)13(7-5-6-8-13)14-9-11-16-12-10-14/h3-12H2,1-2H3. The van der Waals surface area contributed by atoms with Gasteiger partial charge in [0.2, 0.25) is 0 Å². The molecule has 0 N–H and O–H groups in total. The molecule has 0 atom stereocenters. The van der Waals surface area contributed by atoms with Gasteiger partial charge in [-0.25, -0.2) is 0 Å². The lowest BCUT2D eigenvalue weighted by atomic mass is 10.2. The normalized spacial score (nSPS) is 24.7. The molecule has 0 radical (unpaired) electrons. The second kappa shape index (κ2) is 6.68. The van der Waals surface area contributed by atoms with Crippen LogP contribution in [0.15, 0.2) is 0 Å². The van der Waals surface area contributed by atoms with Gasteiger partial charge in [-0.1, -0.05) is 12.8 Å². The molecule has 1 aliphatic carbocycles. The second-order valence-corrected chi connectivity index (χ2v) is 7.47. The summed E-state index contributed by atoms with van der Waals surface area (Å²) in [6, 6.07) is 0. The van der Waals surface area contributed by atoms with E-state index in [4.69, 9.17) is 13.8 Å². The Kier molecular flexibility index (Phi) is 5.44. The van der Waals surface area contributed by atoms with E-state index in [0.29, 0.717) is 26.4 Å². The third-order valence-corrected chi connectivity index (χ3v) is 7.06. The van der Waals surface area contributed by atoms with Crippen LogP contribution in [0.5, 0.6) is 0 Å². The maximum atomic E-state index is 13.3. The third-order valence-electron chi connectivity index (χ3n) is 4.11. The Labute approximate surface area is 116 Å². The van der Waals surface area contributed by atoms with Crippen molar-refractivity contribution in [2.75, 3.05) is 39.5 Å². The fourth-order valence-electron chi connectivity index (χ4n) is 3.30. The third kappa shape index (κ3) is 2.91. The molecule has 0 aromatic rings. The number of ether oxygens (including phenoxy) is 1. The van der Waals surface area contributed by atoms with Crippen LogP contribution in [0.1, 0.15) is 39.5 Å². The van der Waals surface area contributed by atoms with E-state index < -0.39 is 12.9 Å². The molecule has 1 aliphatic heterocycles. The minimum atomic E-state index is -3.10. The van der Waals surface area contributed by atoms with Crippen molar-refractivity contribution in [3.63, 3.8) is 0 Å². The summed E-state index contributed by atoms with van der Waals surface area (Å²) < 4.78 is 30.1. The molecule has 5 nitrogen and oxygen atoms in total. The van der Waals surface area contributed by atoms with Gasteiger partial charge in [0, 0.05) is 13.1 Å². The Balaban J connectivity index is 2.27. The monoisotopic (exact) mass is 291 g/mol. The van der Waals surface area contributed by atoms with E-state index in [1.165, 1.54) is 0 Å². The van der Waals surface area contributed by atoms with Crippen LogP contribution >= 0.6 is 7.60 Å². The summed E-state index contributed by atoms with van der Waals surface area (Å²) >= 11 is 0. The van der Waals surface area contributed by atoms with E-state index >= 15 is 0 Å². The quantitative estimate of drug-likeness (QED) is 0.704. The van der Waals surface area contributed by atoms with Crippen molar-refractivity contribution in [3.8, 4) is 0 Å². The molecule has 2 fully saturated rings. The molecular weight excluding hydrogens is 265 g/mol. The fraction of sp³-hybridized carbons (Fsp3) is 1.00. The van der Waals surface area contributed by atoms with Crippen LogP contribution in [0.25, 0.3) is 0 Å². The van der Waals surface area contributed by atoms with Crippen molar-refractivity contribution >= 4 is 7.60 Å². The summed E-state index contributed by atoms with van der Waals surface area (Å²) in [5.74, 6) is 0. The molecule has 0 aromatic carbocycles. The smallest absolute Gasteiger partial charge is 0.350 e. The first kappa shape index (κ1) is 15.5. The summed E-state index contributed by atoms with van der Waals surface area (Å²) in [4.78, 5) is 2.30. The number of nitrogens with zero attached hydrogens (tertiary/aromatic N) is 1. The minimum absolute atomic E-state index is 0.414. The highest BCUT2D eigenvalue weighted by atomic mass is 31.2. The summed E-state index contributed by atoms with van der Waals surface area (Å²) in [5, 5.41) is -0.414. The molecule has 0 unspecified atom stereocenters. The van der Waals surface area contributed by atoms with Crippen LogP contribution in [-0.2, 0) is 18.3 Å². The Bertz CT molecular complexity index is 315. The van der Waals surface area contributed by atoms with Gasteiger partial charge in [0.05, 0.1) is 26.4 Å². The fourth-order valence-corrected chi connectivity index (χ4v) is 5.95. The summed E-state index contributed by atoms with van der Waals surface area (Å²) in [6.07, 6.45) is 4.01. The van der Waals surface area contributed by atoms with Crippen LogP contribution in [-0.4, -0.2) is 49.7 Å². The van der Waals surface area contributed by atoms with Gasteiger partial charge in [0.15, 0.2) is 0 Å². The zero-order valence-electron chi connectivity index (χ0n) is 12.1. The zero-order chi connectivity index (χ0) is 13.8. The topological polar surface area (TPSA) is 48.0 Å². The molecule has 1 saturated carbocycles. The first-order valence-electron chi connectivity index (χ1n) is 7.40. The van der Waals surface area contributed by atoms with Crippen LogP contribution in [0.4, 0.5) is 0 Å². The van der Waals surface area contributed by atoms with Gasteiger partial charge in [-0.15, -0.1) is 0 Å². The molecule has 0 aromatic heterocycles. The Morgan fingerprint density at radius 1 is 1.11 bits per heavy atom. The molecule has 6 heteroatoms. The Morgan fingerprint density at radius 2 is 1.63 bits per heavy atom. The van der Waals surface area contributed by atoms with Gasteiger partial charge in [-0.2, -0.15) is 0 Å². The van der Waals surface area contributed by atoms with Gasteiger partial charge >= 0.3 is 7.60 Å². The molecular formula is C13H26NO4P. The van der Waals surface area contributed by atoms with Crippen LogP contribution in [0.2, 0.25) is 0 Å². The number of rotatable bonds is 6. The van der Waals surface area contributed by atoms with E-state index in [0.717, 1.165) is 38.8 Å². The molecule has 2 aliphatic rings. The molecule has 112 valence electrons. The summed E-state index contributed by atoms with van der Waals surface area (Å²) in [7, 11) is -3.10. The van der Waals surface area contributed by atoms with Crippen LogP contribution < -0.4 is 0 Å². The highest BCUT2D eigenvalue weighted by Crippen LogP contribution is 2.67. The average Bonchev–Trinajstić information content (AvgIpc) is 2.91. The van der Waals surface area contributed by atoms with E-state index in [-0.39, 0.29) is 0 Å². The Morgan fingerprint density at radius 3 is 2.11 bits per heavy atom. The molecule has 19 heavy (non-hydrogen) atoms. The number of morpholine rings is 1. The zero-order valence-corrected chi connectivity index (χ0v) is 13.0.